The number of hydrogen-bond donors (Lipinski definition) is 0. The van der Waals surface area contributed by atoms with E-state index in [2.05, 4.69) is 0 Å². The van der Waals surface area contributed by atoms with Gasteiger partial charge in [-0.1, -0.05) is 30.3 Å². The molecule has 2 aliphatic carbocycles. The quantitative estimate of drug-likeness (QED) is 0.801. The Morgan fingerprint density at radius 3 is 2.45 bits per heavy atom. The molecule has 1 aromatic rings. The van der Waals surface area contributed by atoms with E-state index in [1.54, 1.807) is 0 Å². The zero-order valence-corrected chi connectivity index (χ0v) is 12.2. The maximum absolute atomic E-state index is 12.2. The van der Waals surface area contributed by atoms with Gasteiger partial charge in [-0.25, -0.2) is 0 Å². The van der Waals surface area contributed by atoms with Gasteiger partial charge in [0, 0.05) is 17.8 Å². The summed E-state index contributed by atoms with van der Waals surface area (Å²) >= 11 is 0. The number of fused-ring (bicyclic) bond motifs is 2. The van der Waals surface area contributed by atoms with E-state index in [4.69, 9.17) is 4.18 Å². The van der Waals surface area contributed by atoms with Crippen LogP contribution in [0.15, 0.2) is 30.3 Å². The van der Waals surface area contributed by atoms with Crippen LogP contribution >= 0.6 is 0 Å². The summed E-state index contributed by atoms with van der Waals surface area (Å²) in [5.41, 5.74) is 1.06. The zero-order valence-electron chi connectivity index (χ0n) is 11.4. The van der Waals surface area contributed by atoms with Crippen LogP contribution in [0, 0.1) is 11.8 Å². The summed E-state index contributed by atoms with van der Waals surface area (Å²) in [4.78, 5) is 12.2. The topological polar surface area (TPSA) is 60.4 Å². The minimum atomic E-state index is -3.56. The number of ketones is 1. The second kappa shape index (κ2) is 4.97. The number of benzene rings is 1. The van der Waals surface area contributed by atoms with Crippen LogP contribution in [-0.2, 0) is 19.1 Å². The molecule has 20 heavy (non-hydrogen) atoms. The molecule has 0 spiro atoms. The molecule has 0 amide bonds. The van der Waals surface area contributed by atoms with Crippen molar-refractivity contribution in [3.05, 3.63) is 35.9 Å². The first-order chi connectivity index (χ1) is 9.46. The third-order valence-corrected chi connectivity index (χ3v) is 5.01. The first-order valence-corrected chi connectivity index (χ1v) is 8.74. The molecule has 0 N–H and O–H groups in total. The maximum Gasteiger partial charge on any atom is 0.264 e. The molecular weight excluding hydrogens is 276 g/mol. The molecule has 4 atom stereocenters. The minimum absolute atomic E-state index is 0.0128. The number of hydrogen-bond acceptors (Lipinski definition) is 4. The van der Waals surface area contributed by atoms with Crippen LogP contribution in [0.1, 0.15) is 30.7 Å². The molecule has 0 saturated heterocycles. The van der Waals surface area contributed by atoms with Gasteiger partial charge in [0.1, 0.15) is 5.78 Å². The van der Waals surface area contributed by atoms with E-state index in [0.29, 0.717) is 6.42 Å². The van der Waals surface area contributed by atoms with Crippen molar-refractivity contribution >= 4 is 15.9 Å². The Morgan fingerprint density at radius 2 is 1.80 bits per heavy atom. The Labute approximate surface area is 119 Å². The lowest BCUT2D eigenvalue weighted by Gasteiger charge is -2.35. The standard InChI is InChI=1S/C15H18O4S/c1-20(17,18)19-15-12-8-7-11(14(12)16)9-13(15)10-5-3-2-4-6-10/h2-6,11-13,15H,7-9H2,1H3. The first-order valence-electron chi connectivity index (χ1n) is 6.92. The molecule has 2 aliphatic rings. The zero-order chi connectivity index (χ0) is 14.3. The van der Waals surface area contributed by atoms with Gasteiger partial charge in [-0.05, 0) is 24.8 Å². The number of rotatable bonds is 3. The smallest absolute Gasteiger partial charge is 0.264 e. The highest BCUT2D eigenvalue weighted by atomic mass is 32.2. The van der Waals surface area contributed by atoms with Crippen molar-refractivity contribution < 1.29 is 17.4 Å². The monoisotopic (exact) mass is 294 g/mol. The van der Waals surface area contributed by atoms with E-state index in [-0.39, 0.29) is 23.5 Å². The summed E-state index contributed by atoms with van der Waals surface area (Å²) in [7, 11) is -3.56. The highest BCUT2D eigenvalue weighted by Crippen LogP contribution is 2.47. The molecule has 0 aliphatic heterocycles. The lowest BCUT2D eigenvalue weighted by atomic mass is 9.74. The highest BCUT2D eigenvalue weighted by molar-refractivity contribution is 7.86. The first kappa shape index (κ1) is 13.8. The maximum atomic E-state index is 12.2. The van der Waals surface area contributed by atoms with Crippen molar-refractivity contribution in [2.75, 3.05) is 6.26 Å². The van der Waals surface area contributed by atoms with Gasteiger partial charge >= 0.3 is 0 Å². The SMILES string of the molecule is CS(=O)(=O)OC1C2CCC(CC1c1ccccc1)C2=O. The molecule has 5 heteroatoms. The van der Waals surface area contributed by atoms with Crippen LogP contribution in [0.2, 0.25) is 0 Å². The van der Waals surface area contributed by atoms with E-state index in [1.807, 2.05) is 30.3 Å². The summed E-state index contributed by atoms with van der Waals surface area (Å²) in [5.74, 6) is -0.0229. The fraction of sp³-hybridized carbons (Fsp3) is 0.533. The van der Waals surface area contributed by atoms with Crippen molar-refractivity contribution in [3.8, 4) is 0 Å². The van der Waals surface area contributed by atoms with Crippen molar-refractivity contribution in [3.63, 3.8) is 0 Å². The van der Waals surface area contributed by atoms with E-state index < -0.39 is 16.2 Å². The van der Waals surface area contributed by atoms with Crippen LogP contribution < -0.4 is 0 Å². The predicted molar refractivity (Wildman–Crippen MR) is 74.7 cm³/mol. The van der Waals surface area contributed by atoms with Crippen molar-refractivity contribution in [1.29, 1.82) is 0 Å². The highest BCUT2D eigenvalue weighted by Gasteiger charge is 2.50. The second-order valence-corrected chi connectivity index (χ2v) is 7.40. The number of carbonyl (C=O) groups is 1. The molecule has 4 unspecified atom stereocenters. The third kappa shape index (κ3) is 2.52. The van der Waals surface area contributed by atoms with Crippen LogP contribution in [0.3, 0.4) is 0 Å². The number of carbonyl (C=O) groups excluding carboxylic acids is 1. The molecule has 2 saturated carbocycles. The Bertz CT molecular complexity index is 608. The van der Waals surface area contributed by atoms with Gasteiger partial charge in [0.25, 0.3) is 10.1 Å². The van der Waals surface area contributed by atoms with Crippen LogP contribution in [0.25, 0.3) is 0 Å². The van der Waals surface area contributed by atoms with E-state index in [1.165, 1.54) is 0 Å². The molecule has 2 bridgehead atoms. The van der Waals surface area contributed by atoms with Crippen LogP contribution in [0.4, 0.5) is 0 Å². The van der Waals surface area contributed by atoms with Crippen molar-refractivity contribution in [2.45, 2.75) is 31.3 Å². The lowest BCUT2D eigenvalue weighted by molar-refractivity contribution is -0.129. The average molecular weight is 294 g/mol. The molecule has 2 fully saturated rings. The molecule has 1 aromatic carbocycles. The summed E-state index contributed by atoms with van der Waals surface area (Å²) in [6.45, 7) is 0. The van der Waals surface area contributed by atoms with Gasteiger partial charge in [-0.3, -0.25) is 8.98 Å². The Balaban J connectivity index is 1.97. The van der Waals surface area contributed by atoms with Gasteiger partial charge in [-0.2, -0.15) is 8.42 Å². The minimum Gasteiger partial charge on any atom is -0.299 e. The molecule has 108 valence electrons. The van der Waals surface area contributed by atoms with Gasteiger partial charge < -0.3 is 0 Å². The molecule has 0 radical (unpaired) electrons. The Hall–Kier alpha value is -1.20. The van der Waals surface area contributed by atoms with Crippen molar-refractivity contribution in [2.24, 2.45) is 11.8 Å². The molecule has 0 aromatic heterocycles. The fourth-order valence-electron chi connectivity index (χ4n) is 3.61. The lowest BCUT2D eigenvalue weighted by Crippen LogP contribution is -2.41. The predicted octanol–water partition coefficient (Wildman–Crippen LogP) is 2.11. The summed E-state index contributed by atoms with van der Waals surface area (Å²) < 4.78 is 28.3. The van der Waals surface area contributed by atoms with E-state index in [0.717, 1.165) is 24.7 Å². The third-order valence-electron chi connectivity index (χ3n) is 4.44. The van der Waals surface area contributed by atoms with Gasteiger partial charge in [0.05, 0.1) is 12.4 Å². The van der Waals surface area contributed by atoms with Crippen molar-refractivity contribution in [1.82, 2.24) is 0 Å². The molecular formula is C15H18O4S. The van der Waals surface area contributed by atoms with E-state index >= 15 is 0 Å². The molecule has 3 rings (SSSR count). The average Bonchev–Trinajstić information content (AvgIpc) is 2.64. The fourth-order valence-corrected chi connectivity index (χ4v) is 4.28. The summed E-state index contributed by atoms with van der Waals surface area (Å²) in [5, 5.41) is 0. The van der Waals surface area contributed by atoms with Crippen LogP contribution in [0.5, 0.6) is 0 Å². The summed E-state index contributed by atoms with van der Waals surface area (Å²) in [6.07, 6.45) is 2.81. The summed E-state index contributed by atoms with van der Waals surface area (Å²) in [6, 6.07) is 9.77. The molecule has 4 nitrogen and oxygen atoms in total. The number of Topliss-reactive ketones (excluding diaryl/α,β-unsaturated/α-hetero) is 1. The Morgan fingerprint density at radius 1 is 1.10 bits per heavy atom. The van der Waals surface area contributed by atoms with Gasteiger partial charge in [-0.15, -0.1) is 0 Å². The largest absolute Gasteiger partial charge is 0.299 e. The second-order valence-electron chi connectivity index (χ2n) is 5.80. The van der Waals surface area contributed by atoms with Gasteiger partial charge in [0.15, 0.2) is 0 Å². The molecule has 0 heterocycles. The van der Waals surface area contributed by atoms with Gasteiger partial charge in [0.2, 0.25) is 0 Å². The van der Waals surface area contributed by atoms with Crippen LogP contribution in [-0.4, -0.2) is 26.6 Å². The normalized spacial score (nSPS) is 33.4. The Kier molecular flexibility index (Phi) is 3.42. The van der Waals surface area contributed by atoms with E-state index in [9.17, 15) is 13.2 Å².